The Bertz CT molecular complexity index is 1230. The quantitative estimate of drug-likeness (QED) is 0.547. The lowest BCUT2D eigenvalue weighted by Crippen LogP contribution is -2.37. The van der Waals surface area contributed by atoms with Gasteiger partial charge in [-0.1, -0.05) is 24.3 Å². The summed E-state index contributed by atoms with van der Waals surface area (Å²) < 4.78 is 29.9. The summed E-state index contributed by atoms with van der Waals surface area (Å²) in [4.78, 5) is 27.3. The van der Waals surface area contributed by atoms with Crippen LogP contribution in [0.15, 0.2) is 60.7 Å². The molecule has 1 N–H and O–H groups in total. The minimum Gasteiger partial charge on any atom is -0.493 e. The molecule has 1 atom stereocenters. The van der Waals surface area contributed by atoms with Crippen molar-refractivity contribution in [3.05, 3.63) is 83.2 Å². The summed E-state index contributed by atoms with van der Waals surface area (Å²) in [5.41, 5.74) is 2.86. The van der Waals surface area contributed by atoms with Gasteiger partial charge in [-0.05, 0) is 48.9 Å². The van der Waals surface area contributed by atoms with Gasteiger partial charge < -0.3 is 24.4 Å². The Labute approximate surface area is 203 Å². The molecule has 0 radical (unpaired) electrons. The van der Waals surface area contributed by atoms with Crippen molar-refractivity contribution in [1.82, 2.24) is 4.90 Å². The van der Waals surface area contributed by atoms with Gasteiger partial charge in [-0.3, -0.25) is 9.59 Å². The summed E-state index contributed by atoms with van der Waals surface area (Å²) in [6.07, 6.45) is -0.558. The van der Waals surface area contributed by atoms with Crippen molar-refractivity contribution in [2.75, 3.05) is 19.5 Å². The van der Waals surface area contributed by atoms with Gasteiger partial charge in [-0.15, -0.1) is 0 Å². The van der Waals surface area contributed by atoms with E-state index in [1.165, 1.54) is 12.1 Å². The van der Waals surface area contributed by atoms with Crippen LogP contribution in [0.1, 0.15) is 23.6 Å². The minimum absolute atomic E-state index is 0.116. The van der Waals surface area contributed by atoms with E-state index in [1.807, 2.05) is 12.1 Å². The Balaban J connectivity index is 1.54. The number of rotatable bonds is 7. The van der Waals surface area contributed by atoms with E-state index in [2.05, 4.69) is 5.32 Å². The monoisotopic (exact) mass is 478 g/mol. The number of methoxy groups -OCH3 is 2. The minimum atomic E-state index is -0.674. The van der Waals surface area contributed by atoms with Crippen LogP contribution in [-0.4, -0.2) is 37.0 Å². The Morgan fingerprint density at radius 1 is 1.11 bits per heavy atom. The Kier molecular flexibility index (Phi) is 7.19. The van der Waals surface area contributed by atoms with Gasteiger partial charge in [0.05, 0.1) is 20.6 Å². The maximum absolute atomic E-state index is 13.1. The number of halogens is 1. The van der Waals surface area contributed by atoms with Gasteiger partial charge in [0, 0.05) is 29.9 Å². The molecule has 35 heavy (non-hydrogen) atoms. The van der Waals surface area contributed by atoms with E-state index in [0.717, 1.165) is 11.1 Å². The van der Waals surface area contributed by atoms with E-state index in [-0.39, 0.29) is 24.1 Å². The predicted molar refractivity (Wildman–Crippen MR) is 129 cm³/mol. The summed E-state index contributed by atoms with van der Waals surface area (Å²) in [6, 6.07) is 16.6. The van der Waals surface area contributed by atoms with Crippen molar-refractivity contribution < 1.29 is 28.2 Å². The fraction of sp³-hybridized carbons (Fsp3) is 0.259. The molecule has 8 heteroatoms. The molecule has 0 saturated heterocycles. The number of amides is 2. The summed E-state index contributed by atoms with van der Waals surface area (Å²) in [7, 11) is 3.13. The summed E-state index contributed by atoms with van der Waals surface area (Å²) in [5, 5.41) is 2.87. The molecule has 0 aromatic heterocycles. The topological polar surface area (TPSA) is 77.1 Å². The lowest BCUT2D eigenvalue weighted by atomic mass is 10.1. The van der Waals surface area contributed by atoms with Gasteiger partial charge in [-0.2, -0.15) is 0 Å². The smallest absolute Gasteiger partial charge is 0.263 e. The average Bonchev–Trinajstić information content (AvgIpc) is 2.96. The van der Waals surface area contributed by atoms with Crippen LogP contribution < -0.4 is 19.5 Å². The maximum Gasteiger partial charge on any atom is 0.263 e. The van der Waals surface area contributed by atoms with E-state index in [1.54, 1.807) is 62.4 Å². The second-order valence-corrected chi connectivity index (χ2v) is 8.28. The second kappa shape index (κ2) is 10.5. The van der Waals surface area contributed by atoms with Crippen LogP contribution in [0.4, 0.5) is 10.1 Å². The normalized spacial score (nSPS) is 15.0. The van der Waals surface area contributed by atoms with Gasteiger partial charge in [0.15, 0.2) is 17.6 Å². The standard InChI is InChI=1S/C27H27FN2O5/c1-17-27(32)30(15-19-5-4-6-24(33-2)26(19)34-3)16-20-14-22(11-12-23(20)35-17)29-25(31)13-18-7-9-21(28)10-8-18/h4-12,14,17H,13,15-16H2,1-3H3,(H,29,31). The molecule has 1 aliphatic rings. The van der Waals surface area contributed by atoms with E-state index < -0.39 is 6.10 Å². The van der Waals surface area contributed by atoms with Crippen molar-refractivity contribution in [2.24, 2.45) is 0 Å². The number of anilines is 1. The molecule has 7 nitrogen and oxygen atoms in total. The van der Waals surface area contributed by atoms with Crippen molar-refractivity contribution in [2.45, 2.75) is 32.5 Å². The zero-order valence-corrected chi connectivity index (χ0v) is 19.8. The predicted octanol–water partition coefficient (Wildman–Crippen LogP) is 4.33. The molecule has 1 unspecified atom stereocenters. The van der Waals surface area contributed by atoms with Crippen LogP contribution in [0.25, 0.3) is 0 Å². The molecule has 0 spiro atoms. The number of fused-ring (bicyclic) bond motifs is 1. The zero-order chi connectivity index (χ0) is 24.9. The maximum atomic E-state index is 13.1. The molecule has 0 bridgehead atoms. The van der Waals surface area contributed by atoms with Gasteiger partial charge in [-0.25, -0.2) is 4.39 Å². The molecule has 1 aliphatic heterocycles. The Morgan fingerprint density at radius 3 is 2.60 bits per heavy atom. The molecule has 3 aromatic carbocycles. The molecular weight excluding hydrogens is 451 g/mol. The first kappa shape index (κ1) is 24.1. The summed E-state index contributed by atoms with van der Waals surface area (Å²) in [5.74, 6) is 1.01. The molecule has 1 heterocycles. The number of nitrogens with zero attached hydrogens (tertiary/aromatic N) is 1. The number of hydrogen-bond donors (Lipinski definition) is 1. The number of benzene rings is 3. The van der Waals surface area contributed by atoms with E-state index >= 15 is 0 Å². The fourth-order valence-corrected chi connectivity index (χ4v) is 4.09. The third kappa shape index (κ3) is 5.54. The zero-order valence-electron chi connectivity index (χ0n) is 19.8. The highest BCUT2D eigenvalue weighted by atomic mass is 19.1. The summed E-state index contributed by atoms with van der Waals surface area (Å²) >= 11 is 0. The van der Waals surface area contributed by atoms with Gasteiger partial charge in [0.1, 0.15) is 11.6 Å². The van der Waals surface area contributed by atoms with Crippen LogP contribution >= 0.6 is 0 Å². The van der Waals surface area contributed by atoms with Gasteiger partial charge >= 0.3 is 0 Å². The number of hydrogen-bond acceptors (Lipinski definition) is 5. The molecule has 3 aromatic rings. The lowest BCUT2D eigenvalue weighted by molar-refractivity contribution is -0.138. The third-order valence-corrected chi connectivity index (χ3v) is 5.79. The van der Waals surface area contributed by atoms with Gasteiger partial charge in [0.2, 0.25) is 5.91 Å². The van der Waals surface area contributed by atoms with Crippen molar-refractivity contribution in [3.8, 4) is 17.2 Å². The Morgan fingerprint density at radius 2 is 1.89 bits per heavy atom. The highest BCUT2D eigenvalue weighted by Crippen LogP contribution is 2.34. The molecular formula is C27H27FN2O5. The number of nitrogens with one attached hydrogen (secondary N) is 1. The molecule has 2 amide bonds. The molecule has 0 fully saturated rings. The van der Waals surface area contributed by atoms with Crippen LogP contribution in [0.2, 0.25) is 0 Å². The first-order chi connectivity index (χ1) is 16.9. The second-order valence-electron chi connectivity index (χ2n) is 8.28. The number of carbonyl (C=O) groups excluding carboxylic acids is 2. The van der Waals surface area contributed by atoms with Gasteiger partial charge in [0.25, 0.3) is 5.91 Å². The van der Waals surface area contributed by atoms with Crippen molar-refractivity contribution in [1.29, 1.82) is 0 Å². The van der Waals surface area contributed by atoms with Crippen LogP contribution in [0.3, 0.4) is 0 Å². The van der Waals surface area contributed by atoms with Crippen molar-refractivity contribution in [3.63, 3.8) is 0 Å². The van der Waals surface area contributed by atoms with Crippen LogP contribution in [0, 0.1) is 5.82 Å². The highest BCUT2D eigenvalue weighted by Gasteiger charge is 2.29. The lowest BCUT2D eigenvalue weighted by Gasteiger charge is -2.24. The molecule has 182 valence electrons. The first-order valence-corrected chi connectivity index (χ1v) is 11.2. The average molecular weight is 479 g/mol. The molecule has 0 saturated carbocycles. The van der Waals surface area contributed by atoms with Crippen LogP contribution in [0.5, 0.6) is 17.2 Å². The van der Waals surface area contributed by atoms with Crippen LogP contribution in [-0.2, 0) is 29.1 Å². The van der Waals surface area contributed by atoms with E-state index in [0.29, 0.717) is 41.6 Å². The Hall–Kier alpha value is -4.07. The number of para-hydroxylation sites is 1. The molecule has 4 rings (SSSR count). The fourth-order valence-electron chi connectivity index (χ4n) is 4.09. The van der Waals surface area contributed by atoms with Crippen molar-refractivity contribution >= 4 is 17.5 Å². The first-order valence-electron chi connectivity index (χ1n) is 11.2. The highest BCUT2D eigenvalue weighted by molar-refractivity contribution is 5.92. The van der Waals surface area contributed by atoms with E-state index in [4.69, 9.17) is 14.2 Å². The largest absolute Gasteiger partial charge is 0.493 e. The third-order valence-electron chi connectivity index (χ3n) is 5.79. The SMILES string of the molecule is COc1cccc(CN2Cc3cc(NC(=O)Cc4ccc(F)cc4)ccc3OC(C)C2=O)c1OC. The van der Waals surface area contributed by atoms with E-state index in [9.17, 15) is 14.0 Å². The number of ether oxygens (including phenoxy) is 3. The number of carbonyl (C=O) groups is 2. The summed E-state index contributed by atoms with van der Waals surface area (Å²) in [6.45, 7) is 2.31. The molecule has 0 aliphatic carbocycles.